The first-order chi connectivity index (χ1) is 11.2. The summed E-state index contributed by atoms with van der Waals surface area (Å²) >= 11 is 0. The summed E-state index contributed by atoms with van der Waals surface area (Å²) in [5, 5.41) is 18.8. The van der Waals surface area contributed by atoms with E-state index >= 15 is 0 Å². The zero-order valence-corrected chi connectivity index (χ0v) is 13.5. The van der Waals surface area contributed by atoms with Crippen molar-refractivity contribution in [3.8, 4) is 5.75 Å². The quantitative estimate of drug-likeness (QED) is 0.718. The van der Waals surface area contributed by atoms with Crippen molar-refractivity contribution in [2.45, 2.75) is 32.1 Å². The average Bonchev–Trinajstić information content (AvgIpc) is 3.28. The van der Waals surface area contributed by atoms with E-state index < -0.39 is 0 Å². The van der Waals surface area contributed by atoms with Crippen LogP contribution in [-0.2, 0) is 0 Å². The molecule has 0 unspecified atom stereocenters. The van der Waals surface area contributed by atoms with Gasteiger partial charge in [-0.3, -0.25) is 9.69 Å². The molecule has 5 heteroatoms. The molecule has 23 heavy (non-hydrogen) atoms. The predicted molar refractivity (Wildman–Crippen MR) is 87.3 cm³/mol. The van der Waals surface area contributed by atoms with Crippen LogP contribution in [-0.4, -0.2) is 52.1 Å². The highest BCUT2D eigenvalue weighted by Crippen LogP contribution is 2.36. The van der Waals surface area contributed by atoms with Crippen molar-refractivity contribution < 1.29 is 15.0 Å². The molecule has 126 valence electrons. The van der Waals surface area contributed by atoms with Crippen LogP contribution in [0.1, 0.15) is 42.6 Å². The number of pyridine rings is 1. The first-order valence-electron chi connectivity index (χ1n) is 8.67. The maximum atomic E-state index is 12.3. The zero-order chi connectivity index (χ0) is 16.2. The number of rotatable bonds is 8. The lowest BCUT2D eigenvalue weighted by atomic mass is 9.91. The van der Waals surface area contributed by atoms with Gasteiger partial charge < -0.3 is 10.2 Å². The SMILES string of the molecule is O=C(CN1C[C@@H](CCCC2CC2)[C@@H](CO)C1)c1ccc(O)cn1. The Bertz CT molecular complexity index is 528. The predicted octanol–water partition coefficient (Wildman–Crippen LogP) is 2.09. The van der Waals surface area contributed by atoms with E-state index in [1.807, 2.05) is 0 Å². The van der Waals surface area contributed by atoms with Gasteiger partial charge in [-0.2, -0.15) is 0 Å². The number of nitrogens with zero attached hydrogens (tertiary/aromatic N) is 2. The molecule has 1 aliphatic heterocycles. The van der Waals surface area contributed by atoms with Crippen molar-refractivity contribution in [3.05, 3.63) is 24.0 Å². The molecule has 3 rings (SSSR count). The minimum atomic E-state index is -0.0275. The largest absolute Gasteiger partial charge is 0.506 e. The fourth-order valence-electron chi connectivity index (χ4n) is 3.61. The fourth-order valence-corrected chi connectivity index (χ4v) is 3.61. The van der Waals surface area contributed by atoms with Crippen molar-refractivity contribution in [3.63, 3.8) is 0 Å². The van der Waals surface area contributed by atoms with Crippen molar-refractivity contribution in [1.82, 2.24) is 9.88 Å². The first kappa shape index (κ1) is 16.4. The molecular formula is C18H26N2O3. The van der Waals surface area contributed by atoms with Crippen LogP contribution in [0.3, 0.4) is 0 Å². The summed E-state index contributed by atoms with van der Waals surface area (Å²) in [7, 11) is 0. The maximum Gasteiger partial charge on any atom is 0.195 e. The van der Waals surface area contributed by atoms with E-state index in [1.165, 1.54) is 37.9 Å². The number of ketones is 1. The van der Waals surface area contributed by atoms with Gasteiger partial charge in [0, 0.05) is 19.7 Å². The summed E-state index contributed by atoms with van der Waals surface area (Å²) in [5.74, 6) is 1.79. The fraction of sp³-hybridized carbons (Fsp3) is 0.667. The molecule has 1 aromatic rings. The topological polar surface area (TPSA) is 73.7 Å². The molecule has 2 aliphatic rings. The van der Waals surface area contributed by atoms with E-state index in [4.69, 9.17) is 0 Å². The monoisotopic (exact) mass is 318 g/mol. The number of aliphatic hydroxyl groups excluding tert-OH is 1. The molecule has 0 radical (unpaired) electrons. The standard InChI is InChI=1S/C18H26N2O3/c21-12-15-10-20(9-14(15)3-1-2-13-4-5-13)11-18(23)17-7-6-16(22)8-19-17/h6-8,13-15,21-22H,1-5,9-12H2/t14-,15-/m1/s1. The third kappa shape index (κ3) is 4.52. The van der Waals surface area contributed by atoms with Gasteiger partial charge in [-0.15, -0.1) is 0 Å². The van der Waals surface area contributed by atoms with Gasteiger partial charge in [0.2, 0.25) is 0 Å². The highest BCUT2D eigenvalue weighted by molar-refractivity contribution is 5.95. The highest BCUT2D eigenvalue weighted by Gasteiger charge is 2.33. The number of aliphatic hydroxyl groups is 1. The second-order valence-corrected chi connectivity index (χ2v) is 7.10. The van der Waals surface area contributed by atoms with Crippen LogP contribution in [0, 0.1) is 17.8 Å². The van der Waals surface area contributed by atoms with Crippen molar-refractivity contribution >= 4 is 5.78 Å². The summed E-state index contributed by atoms with van der Waals surface area (Å²) in [6.07, 6.45) is 7.82. The van der Waals surface area contributed by atoms with Gasteiger partial charge in [0.15, 0.2) is 5.78 Å². The smallest absolute Gasteiger partial charge is 0.195 e. The van der Waals surface area contributed by atoms with E-state index in [1.54, 1.807) is 6.07 Å². The van der Waals surface area contributed by atoms with Crippen molar-refractivity contribution in [1.29, 1.82) is 0 Å². The number of Topliss-reactive ketones (excluding diaryl/α,β-unsaturated/α-hetero) is 1. The Hall–Kier alpha value is -1.46. The normalized spacial score (nSPS) is 24.9. The van der Waals surface area contributed by atoms with E-state index in [9.17, 15) is 15.0 Å². The number of aromatic hydroxyl groups is 1. The second-order valence-electron chi connectivity index (χ2n) is 7.10. The summed E-state index contributed by atoms with van der Waals surface area (Å²) in [5.41, 5.74) is 0.389. The Morgan fingerprint density at radius 1 is 1.22 bits per heavy atom. The summed E-state index contributed by atoms with van der Waals surface area (Å²) < 4.78 is 0. The third-order valence-electron chi connectivity index (χ3n) is 5.17. The number of carbonyl (C=O) groups excluding carboxylic acids is 1. The Morgan fingerprint density at radius 2 is 2.00 bits per heavy atom. The van der Waals surface area contributed by atoms with E-state index in [2.05, 4.69) is 9.88 Å². The first-order valence-corrected chi connectivity index (χ1v) is 8.67. The van der Waals surface area contributed by atoms with Crippen molar-refractivity contribution in [2.75, 3.05) is 26.2 Å². The maximum absolute atomic E-state index is 12.3. The van der Waals surface area contributed by atoms with Gasteiger partial charge in [0.1, 0.15) is 11.4 Å². The van der Waals surface area contributed by atoms with Gasteiger partial charge in [-0.05, 0) is 36.3 Å². The highest BCUT2D eigenvalue weighted by atomic mass is 16.3. The average molecular weight is 318 g/mol. The van der Waals surface area contributed by atoms with Crippen LogP contribution in [0.25, 0.3) is 0 Å². The number of hydrogen-bond donors (Lipinski definition) is 2. The number of aromatic nitrogens is 1. The van der Waals surface area contributed by atoms with Crippen LogP contribution in [0.5, 0.6) is 5.75 Å². The minimum absolute atomic E-state index is 0.0275. The number of carbonyl (C=O) groups is 1. The van der Waals surface area contributed by atoms with Crippen LogP contribution >= 0.6 is 0 Å². The number of likely N-dealkylation sites (tertiary alicyclic amines) is 1. The van der Waals surface area contributed by atoms with Crippen LogP contribution < -0.4 is 0 Å². The molecule has 2 heterocycles. The Balaban J connectivity index is 1.49. The molecule has 0 aromatic carbocycles. The van der Waals surface area contributed by atoms with Gasteiger partial charge in [0.05, 0.1) is 12.7 Å². The zero-order valence-electron chi connectivity index (χ0n) is 13.5. The molecule has 0 amide bonds. The van der Waals surface area contributed by atoms with Gasteiger partial charge in [-0.1, -0.05) is 25.7 Å². The van der Waals surface area contributed by atoms with Crippen LogP contribution in [0.15, 0.2) is 18.3 Å². The van der Waals surface area contributed by atoms with Gasteiger partial charge >= 0.3 is 0 Å². The van der Waals surface area contributed by atoms with E-state index in [-0.39, 0.29) is 24.1 Å². The summed E-state index contributed by atoms with van der Waals surface area (Å²) in [6.45, 7) is 2.22. The summed E-state index contributed by atoms with van der Waals surface area (Å²) in [6, 6.07) is 3.05. The van der Waals surface area contributed by atoms with Crippen LogP contribution in [0.2, 0.25) is 0 Å². The molecule has 0 bridgehead atoms. The van der Waals surface area contributed by atoms with E-state index in [0.717, 1.165) is 25.4 Å². The molecule has 2 N–H and O–H groups in total. The lowest BCUT2D eigenvalue weighted by Crippen LogP contribution is -2.28. The molecular weight excluding hydrogens is 292 g/mol. The molecule has 2 fully saturated rings. The Kier molecular flexibility index (Phi) is 5.28. The Labute approximate surface area is 137 Å². The van der Waals surface area contributed by atoms with Crippen LogP contribution in [0.4, 0.5) is 0 Å². The lowest BCUT2D eigenvalue weighted by Gasteiger charge is -2.15. The van der Waals surface area contributed by atoms with Gasteiger partial charge in [0.25, 0.3) is 0 Å². The molecule has 5 nitrogen and oxygen atoms in total. The number of hydrogen-bond acceptors (Lipinski definition) is 5. The van der Waals surface area contributed by atoms with Crippen molar-refractivity contribution in [2.24, 2.45) is 17.8 Å². The second kappa shape index (κ2) is 7.41. The van der Waals surface area contributed by atoms with E-state index in [0.29, 0.717) is 18.2 Å². The molecule has 1 aliphatic carbocycles. The molecule has 1 saturated carbocycles. The minimum Gasteiger partial charge on any atom is -0.506 e. The molecule has 1 aromatic heterocycles. The van der Waals surface area contributed by atoms with Gasteiger partial charge in [-0.25, -0.2) is 4.98 Å². The lowest BCUT2D eigenvalue weighted by molar-refractivity contribution is 0.0935. The Morgan fingerprint density at radius 3 is 2.65 bits per heavy atom. The molecule has 1 saturated heterocycles. The third-order valence-corrected chi connectivity index (χ3v) is 5.17. The molecule has 2 atom stereocenters. The molecule has 0 spiro atoms. The summed E-state index contributed by atoms with van der Waals surface area (Å²) in [4.78, 5) is 18.4.